The molecule has 22 heavy (non-hydrogen) atoms. The third-order valence-electron chi connectivity index (χ3n) is 3.93. The number of methoxy groups -OCH3 is 1. The first-order chi connectivity index (χ1) is 10.8. The zero-order valence-electron chi connectivity index (χ0n) is 12.5. The van der Waals surface area contributed by atoms with Gasteiger partial charge in [-0.2, -0.15) is 0 Å². The van der Waals surface area contributed by atoms with Gasteiger partial charge >= 0.3 is 5.97 Å². The molecule has 0 atom stereocenters. The molecule has 3 heterocycles. The van der Waals surface area contributed by atoms with Crippen LogP contribution in [0.1, 0.15) is 12.8 Å². The van der Waals surface area contributed by atoms with Crippen molar-refractivity contribution in [1.29, 1.82) is 0 Å². The normalized spacial score (nSPS) is 15.6. The molecule has 1 fully saturated rings. The summed E-state index contributed by atoms with van der Waals surface area (Å²) in [5.41, 5.74) is 0.897. The Morgan fingerprint density at radius 1 is 1.18 bits per heavy atom. The second kappa shape index (κ2) is 6.51. The zero-order valence-corrected chi connectivity index (χ0v) is 12.5. The number of hydrogen-bond donors (Lipinski definition) is 0. The number of piperidine rings is 1. The summed E-state index contributed by atoms with van der Waals surface area (Å²) in [6, 6.07) is 5.74. The summed E-state index contributed by atoms with van der Waals surface area (Å²) in [5, 5.41) is 0. The highest BCUT2D eigenvalue weighted by Crippen LogP contribution is 2.24. The van der Waals surface area contributed by atoms with E-state index < -0.39 is 0 Å². The largest absolute Gasteiger partial charge is 0.469 e. The average Bonchev–Trinajstić information content (AvgIpc) is 2.62. The van der Waals surface area contributed by atoms with Gasteiger partial charge in [0.25, 0.3) is 0 Å². The van der Waals surface area contributed by atoms with Gasteiger partial charge in [-0.3, -0.25) is 4.79 Å². The minimum atomic E-state index is -0.107. The van der Waals surface area contributed by atoms with Gasteiger partial charge in [0.2, 0.25) is 0 Å². The van der Waals surface area contributed by atoms with E-state index in [9.17, 15) is 4.79 Å². The van der Waals surface area contributed by atoms with Crippen LogP contribution in [0.5, 0.6) is 0 Å². The number of nitrogens with zero attached hydrogens (tertiary/aromatic N) is 4. The summed E-state index contributed by atoms with van der Waals surface area (Å²) in [7, 11) is 1.45. The number of pyridine rings is 1. The first-order valence-corrected chi connectivity index (χ1v) is 7.34. The second-order valence-electron chi connectivity index (χ2n) is 5.26. The Morgan fingerprint density at radius 2 is 1.91 bits per heavy atom. The van der Waals surface area contributed by atoms with Crippen molar-refractivity contribution < 1.29 is 9.53 Å². The van der Waals surface area contributed by atoms with E-state index in [0.29, 0.717) is 5.82 Å². The number of anilines is 1. The highest BCUT2D eigenvalue weighted by Gasteiger charge is 2.26. The molecular weight excluding hydrogens is 280 g/mol. The number of carbonyl (C=O) groups excluding carboxylic acids is 1. The quantitative estimate of drug-likeness (QED) is 0.807. The van der Waals surface area contributed by atoms with Gasteiger partial charge in [-0.05, 0) is 31.0 Å². The number of carbonyl (C=O) groups is 1. The van der Waals surface area contributed by atoms with Crippen LogP contribution in [-0.2, 0) is 9.53 Å². The summed E-state index contributed by atoms with van der Waals surface area (Å²) in [6.45, 7) is 1.63. The smallest absolute Gasteiger partial charge is 0.308 e. The molecule has 2 aromatic rings. The number of aromatic nitrogens is 3. The Hall–Kier alpha value is -2.50. The summed E-state index contributed by atoms with van der Waals surface area (Å²) in [6.07, 6.45) is 6.83. The van der Waals surface area contributed by atoms with Crippen molar-refractivity contribution in [1.82, 2.24) is 15.0 Å². The molecule has 0 aromatic carbocycles. The van der Waals surface area contributed by atoms with E-state index in [1.54, 1.807) is 24.7 Å². The number of hydrogen-bond acceptors (Lipinski definition) is 6. The third kappa shape index (κ3) is 3.05. The van der Waals surface area contributed by atoms with E-state index in [-0.39, 0.29) is 11.9 Å². The van der Waals surface area contributed by atoms with Crippen LogP contribution in [0, 0.1) is 5.92 Å². The highest BCUT2D eigenvalue weighted by molar-refractivity contribution is 5.72. The van der Waals surface area contributed by atoms with Gasteiger partial charge in [0.15, 0.2) is 5.82 Å². The summed E-state index contributed by atoms with van der Waals surface area (Å²) in [4.78, 5) is 26.7. The molecule has 0 N–H and O–H groups in total. The number of ether oxygens (including phenoxy) is 1. The Labute approximate surface area is 129 Å². The minimum Gasteiger partial charge on any atom is -0.469 e. The van der Waals surface area contributed by atoms with Crippen molar-refractivity contribution in [3.05, 3.63) is 36.8 Å². The highest BCUT2D eigenvalue weighted by atomic mass is 16.5. The maximum Gasteiger partial charge on any atom is 0.308 e. The maximum atomic E-state index is 11.5. The van der Waals surface area contributed by atoms with E-state index in [1.807, 2.05) is 12.1 Å². The number of rotatable bonds is 3. The molecule has 0 radical (unpaired) electrons. The first kappa shape index (κ1) is 14.4. The van der Waals surface area contributed by atoms with Gasteiger partial charge in [-0.15, -0.1) is 0 Å². The first-order valence-electron chi connectivity index (χ1n) is 7.34. The minimum absolute atomic E-state index is 0.0123. The SMILES string of the molecule is COC(=O)C1CCN(c2ccc(-c3ncccn3)cn2)CC1. The van der Waals surface area contributed by atoms with Crippen LogP contribution in [0.15, 0.2) is 36.8 Å². The Kier molecular flexibility index (Phi) is 4.27. The summed E-state index contributed by atoms with van der Waals surface area (Å²) in [5.74, 6) is 1.50. The molecule has 0 bridgehead atoms. The molecule has 0 saturated carbocycles. The zero-order chi connectivity index (χ0) is 15.4. The van der Waals surface area contributed by atoms with E-state index in [0.717, 1.165) is 37.3 Å². The van der Waals surface area contributed by atoms with Crippen LogP contribution in [-0.4, -0.2) is 41.1 Å². The van der Waals surface area contributed by atoms with Gasteiger partial charge < -0.3 is 9.64 Å². The van der Waals surface area contributed by atoms with Crippen LogP contribution < -0.4 is 4.90 Å². The van der Waals surface area contributed by atoms with Crippen molar-refractivity contribution in [2.45, 2.75) is 12.8 Å². The molecule has 0 unspecified atom stereocenters. The van der Waals surface area contributed by atoms with Crippen molar-refractivity contribution in [3.63, 3.8) is 0 Å². The molecular formula is C16H18N4O2. The molecule has 6 heteroatoms. The van der Waals surface area contributed by atoms with Gasteiger partial charge in [0.05, 0.1) is 13.0 Å². The van der Waals surface area contributed by atoms with Gasteiger partial charge in [0.1, 0.15) is 5.82 Å². The lowest BCUT2D eigenvalue weighted by Crippen LogP contribution is -2.37. The van der Waals surface area contributed by atoms with Crippen molar-refractivity contribution >= 4 is 11.8 Å². The van der Waals surface area contributed by atoms with Crippen LogP contribution in [0.4, 0.5) is 5.82 Å². The lowest BCUT2D eigenvalue weighted by atomic mass is 9.97. The molecule has 0 amide bonds. The summed E-state index contributed by atoms with van der Waals surface area (Å²) < 4.78 is 4.81. The average molecular weight is 298 g/mol. The van der Waals surface area contributed by atoms with Crippen LogP contribution in [0.2, 0.25) is 0 Å². The van der Waals surface area contributed by atoms with Crippen LogP contribution in [0.3, 0.4) is 0 Å². The molecule has 1 aliphatic rings. The molecule has 0 spiro atoms. The summed E-state index contributed by atoms with van der Waals surface area (Å²) >= 11 is 0. The van der Waals surface area contributed by atoms with Crippen LogP contribution in [0.25, 0.3) is 11.4 Å². The Balaban J connectivity index is 1.66. The predicted molar refractivity (Wildman–Crippen MR) is 82.2 cm³/mol. The standard InChI is InChI=1S/C16H18N4O2/c1-22-16(21)12-5-9-20(10-6-12)14-4-3-13(11-19-14)15-17-7-2-8-18-15/h2-4,7-8,11-12H,5-6,9-10H2,1H3. The van der Waals surface area contributed by atoms with Gasteiger partial charge in [-0.25, -0.2) is 15.0 Å². The van der Waals surface area contributed by atoms with Crippen molar-refractivity contribution in [3.8, 4) is 11.4 Å². The monoisotopic (exact) mass is 298 g/mol. The lowest BCUT2D eigenvalue weighted by molar-refractivity contribution is -0.146. The van der Waals surface area contributed by atoms with E-state index >= 15 is 0 Å². The van der Waals surface area contributed by atoms with Gasteiger partial charge in [0, 0.05) is 37.2 Å². The van der Waals surface area contributed by atoms with E-state index in [4.69, 9.17) is 4.74 Å². The molecule has 0 aliphatic carbocycles. The fourth-order valence-electron chi connectivity index (χ4n) is 2.66. The predicted octanol–water partition coefficient (Wildman–Crippen LogP) is 1.93. The Bertz CT molecular complexity index is 622. The molecule has 6 nitrogen and oxygen atoms in total. The lowest BCUT2D eigenvalue weighted by Gasteiger charge is -2.31. The van der Waals surface area contributed by atoms with Crippen LogP contribution >= 0.6 is 0 Å². The topological polar surface area (TPSA) is 68.2 Å². The molecule has 1 aliphatic heterocycles. The fourth-order valence-corrected chi connectivity index (χ4v) is 2.66. The van der Waals surface area contributed by atoms with E-state index in [2.05, 4.69) is 19.9 Å². The van der Waals surface area contributed by atoms with Crippen molar-refractivity contribution in [2.24, 2.45) is 5.92 Å². The molecule has 2 aromatic heterocycles. The van der Waals surface area contributed by atoms with E-state index in [1.165, 1.54) is 7.11 Å². The molecule has 1 saturated heterocycles. The Morgan fingerprint density at radius 3 is 2.50 bits per heavy atom. The molecule has 3 rings (SSSR count). The number of esters is 1. The molecule has 114 valence electrons. The van der Waals surface area contributed by atoms with Gasteiger partial charge in [-0.1, -0.05) is 0 Å². The van der Waals surface area contributed by atoms with Crippen molar-refractivity contribution in [2.75, 3.05) is 25.1 Å². The fraction of sp³-hybridized carbons (Fsp3) is 0.375. The maximum absolute atomic E-state index is 11.5. The second-order valence-corrected chi connectivity index (χ2v) is 5.26. The third-order valence-corrected chi connectivity index (χ3v) is 3.93.